The van der Waals surface area contributed by atoms with Crippen molar-refractivity contribution in [3.05, 3.63) is 102 Å². The van der Waals surface area contributed by atoms with Gasteiger partial charge in [0, 0.05) is 31.9 Å². The molecule has 0 radical (unpaired) electrons. The number of carbonyl (C=O) groups excluding carboxylic acids is 1. The van der Waals surface area contributed by atoms with E-state index in [0.29, 0.717) is 0 Å². The fourth-order valence-corrected chi connectivity index (χ4v) is 3.67. The van der Waals surface area contributed by atoms with Gasteiger partial charge in [-0.25, -0.2) is 4.79 Å². The zero-order valence-electron chi connectivity index (χ0n) is 15.9. The van der Waals surface area contributed by atoms with Gasteiger partial charge in [0.05, 0.1) is 6.04 Å². The number of benzene rings is 3. The van der Waals surface area contributed by atoms with Gasteiger partial charge in [-0.15, -0.1) is 0 Å². The molecule has 1 fully saturated rings. The number of hydrogen-bond donors (Lipinski definition) is 1. The SMILES string of the molecule is O=C(NC(c1ccccc1)c1ccccc1)N1CCN(c2ccccc2)CC1. The fourth-order valence-electron chi connectivity index (χ4n) is 3.67. The van der Waals surface area contributed by atoms with E-state index in [1.807, 2.05) is 47.4 Å². The molecule has 142 valence electrons. The second-order valence-electron chi connectivity index (χ2n) is 7.01. The van der Waals surface area contributed by atoms with E-state index in [1.165, 1.54) is 5.69 Å². The molecule has 0 spiro atoms. The Labute approximate surface area is 166 Å². The zero-order chi connectivity index (χ0) is 19.2. The van der Waals surface area contributed by atoms with Gasteiger partial charge in [0.15, 0.2) is 0 Å². The third-order valence-corrected chi connectivity index (χ3v) is 5.22. The summed E-state index contributed by atoms with van der Waals surface area (Å²) in [6, 6.07) is 30.5. The highest BCUT2D eigenvalue weighted by molar-refractivity contribution is 5.75. The summed E-state index contributed by atoms with van der Waals surface area (Å²) in [5.41, 5.74) is 3.39. The van der Waals surface area contributed by atoms with Crippen molar-refractivity contribution < 1.29 is 4.79 Å². The van der Waals surface area contributed by atoms with Crippen LogP contribution in [0.1, 0.15) is 17.2 Å². The lowest BCUT2D eigenvalue weighted by Gasteiger charge is -2.36. The average Bonchev–Trinajstić information content (AvgIpc) is 2.79. The van der Waals surface area contributed by atoms with E-state index in [9.17, 15) is 4.79 Å². The number of hydrogen-bond acceptors (Lipinski definition) is 2. The summed E-state index contributed by atoms with van der Waals surface area (Å²) in [6.45, 7) is 3.13. The molecule has 3 aromatic rings. The predicted octanol–water partition coefficient (Wildman–Crippen LogP) is 4.31. The lowest BCUT2D eigenvalue weighted by Crippen LogP contribution is -2.52. The minimum absolute atomic E-state index is 0.00887. The minimum Gasteiger partial charge on any atom is -0.368 e. The van der Waals surface area contributed by atoms with E-state index in [1.54, 1.807) is 0 Å². The van der Waals surface area contributed by atoms with E-state index in [-0.39, 0.29) is 12.1 Å². The van der Waals surface area contributed by atoms with Crippen LogP contribution in [0.3, 0.4) is 0 Å². The quantitative estimate of drug-likeness (QED) is 0.742. The number of amides is 2. The van der Waals surface area contributed by atoms with Crippen molar-refractivity contribution in [2.24, 2.45) is 0 Å². The van der Waals surface area contributed by atoms with Crippen molar-refractivity contribution in [2.75, 3.05) is 31.1 Å². The summed E-state index contributed by atoms with van der Waals surface area (Å²) >= 11 is 0. The molecular weight excluding hydrogens is 346 g/mol. The zero-order valence-corrected chi connectivity index (χ0v) is 15.9. The third kappa shape index (κ3) is 4.17. The Morgan fingerprint density at radius 1 is 0.679 bits per heavy atom. The van der Waals surface area contributed by atoms with Crippen LogP contribution in [0.4, 0.5) is 10.5 Å². The monoisotopic (exact) mass is 371 g/mol. The standard InChI is InChI=1S/C24H25N3O/c28-24(27-18-16-26(17-19-27)22-14-8-3-9-15-22)25-23(20-10-4-1-5-11-20)21-12-6-2-7-13-21/h1-15,23H,16-19H2,(H,25,28). The van der Waals surface area contributed by atoms with Crippen LogP contribution in [0.5, 0.6) is 0 Å². The summed E-state index contributed by atoms with van der Waals surface area (Å²) in [5.74, 6) is 0. The number of rotatable bonds is 4. The average molecular weight is 371 g/mol. The molecule has 28 heavy (non-hydrogen) atoms. The molecule has 0 bridgehead atoms. The number of para-hydroxylation sites is 1. The van der Waals surface area contributed by atoms with Crippen LogP contribution >= 0.6 is 0 Å². The lowest BCUT2D eigenvalue weighted by molar-refractivity contribution is 0.192. The summed E-state index contributed by atoms with van der Waals surface area (Å²) in [4.78, 5) is 17.2. The first-order valence-corrected chi connectivity index (χ1v) is 9.76. The molecule has 1 aliphatic rings. The second-order valence-corrected chi connectivity index (χ2v) is 7.01. The first-order valence-electron chi connectivity index (χ1n) is 9.76. The summed E-state index contributed by atoms with van der Waals surface area (Å²) in [6.07, 6.45) is 0. The van der Waals surface area contributed by atoms with Gasteiger partial charge in [-0.2, -0.15) is 0 Å². The van der Waals surface area contributed by atoms with Crippen LogP contribution in [0, 0.1) is 0 Å². The number of nitrogens with one attached hydrogen (secondary N) is 1. The van der Waals surface area contributed by atoms with Crippen LogP contribution < -0.4 is 10.2 Å². The Hall–Kier alpha value is -3.27. The van der Waals surface area contributed by atoms with Gasteiger partial charge in [0.1, 0.15) is 0 Å². The van der Waals surface area contributed by atoms with E-state index in [0.717, 1.165) is 37.3 Å². The van der Waals surface area contributed by atoms with Gasteiger partial charge >= 0.3 is 6.03 Å². The number of carbonyl (C=O) groups is 1. The molecule has 1 heterocycles. The maximum absolute atomic E-state index is 13.0. The van der Waals surface area contributed by atoms with Gasteiger partial charge in [0.25, 0.3) is 0 Å². The molecular formula is C24H25N3O. The number of anilines is 1. The summed E-state index contributed by atoms with van der Waals surface area (Å²) in [7, 11) is 0. The normalized spacial score (nSPS) is 14.2. The van der Waals surface area contributed by atoms with Crippen LogP contribution in [0.15, 0.2) is 91.0 Å². The largest absolute Gasteiger partial charge is 0.368 e. The molecule has 1 saturated heterocycles. The third-order valence-electron chi connectivity index (χ3n) is 5.22. The first-order chi connectivity index (χ1) is 13.8. The molecule has 0 atom stereocenters. The molecule has 1 aliphatic heterocycles. The van der Waals surface area contributed by atoms with Crippen molar-refractivity contribution in [3.8, 4) is 0 Å². The van der Waals surface area contributed by atoms with E-state index >= 15 is 0 Å². The fraction of sp³-hybridized carbons (Fsp3) is 0.208. The molecule has 0 unspecified atom stereocenters. The Morgan fingerprint density at radius 2 is 1.14 bits per heavy atom. The van der Waals surface area contributed by atoms with Gasteiger partial charge < -0.3 is 15.1 Å². The van der Waals surface area contributed by atoms with Crippen molar-refractivity contribution in [1.29, 1.82) is 0 Å². The smallest absolute Gasteiger partial charge is 0.318 e. The minimum atomic E-state index is -0.151. The van der Waals surface area contributed by atoms with Crippen LogP contribution in [-0.2, 0) is 0 Å². The van der Waals surface area contributed by atoms with Crippen molar-refractivity contribution >= 4 is 11.7 Å². The van der Waals surface area contributed by atoms with E-state index < -0.39 is 0 Å². The van der Waals surface area contributed by atoms with Crippen LogP contribution in [0.25, 0.3) is 0 Å². The number of nitrogens with zero attached hydrogens (tertiary/aromatic N) is 2. The Balaban J connectivity index is 1.44. The Bertz CT molecular complexity index is 836. The predicted molar refractivity (Wildman–Crippen MR) is 113 cm³/mol. The highest BCUT2D eigenvalue weighted by Crippen LogP contribution is 2.22. The lowest BCUT2D eigenvalue weighted by atomic mass is 9.99. The molecule has 4 nitrogen and oxygen atoms in total. The number of urea groups is 1. The molecule has 0 aromatic heterocycles. The molecule has 1 N–H and O–H groups in total. The van der Waals surface area contributed by atoms with Crippen molar-refractivity contribution in [2.45, 2.75) is 6.04 Å². The van der Waals surface area contributed by atoms with Crippen LogP contribution in [0.2, 0.25) is 0 Å². The maximum atomic E-state index is 13.0. The highest BCUT2D eigenvalue weighted by Gasteiger charge is 2.24. The number of piperazine rings is 1. The summed E-state index contributed by atoms with van der Waals surface area (Å²) < 4.78 is 0. The molecule has 3 aromatic carbocycles. The molecule has 4 rings (SSSR count). The van der Waals surface area contributed by atoms with Crippen molar-refractivity contribution in [3.63, 3.8) is 0 Å². The molecule has 2 amide bonds. The molecule has 4 heteroatoms. The molecule has 0 saturated carbocycles. The second kappa shape index (κ2) is 8.61. The first kappa shape index (κ1) is 18.1. The maximum Gasteiger partial charge on any atom is 0.318 e. The van der Waals surface area contributed by atoms with E-state index in [4.69, 9.17) is 0 Å². The summed E-state index contributed by atoms with van der Waals surface area (Å²) in [5, 5.41) is 3.24. The van der Waals surface area contributed by atoms with E-state index in [2.05, 4.69) is 58.7 Å². The van der Waals surface area contributed by atoms with Gasteiger partial charge in [0.2, 0.25) is 0 Å². The van der Waals surface area contributed by atoms with Gasteiger partial charge in [-0.1, -0.05) is 78.9 Å². The Kier molecular flexibility index (Phi) is 5.57. The van der Waals surface area contributed by atoms with Crippen molar-refractivity contribution in [1.82, 2.24) is 10.2 Å². The van der Waals surface area contributed by atoms with Gasteiger partial charge in [-0.05, 0) is 23.3 Å². The van der Waals surface area contributed by atoms with Crippen LogP contribution in [-0.4, -0.2) is 37.1 Å². The molecule has 0 aliphatic carbocycles. The topological polar surface area (TPSA) is 35.6 Å². The highest BCUT2D eigenvalue weighted by atomic mass is 16.2. The van der Waals surface area contributed by atoms with Gasteiger partial charge in [-0.3, -0.25) is 0 Å². The Morgan fingerprint density at radius 3 is 1.64 bits per heavy atom.